The first-order valence-electron chi connectivity index (χ1n) is 10.3. The molecule has 1 aromatic carbocycles. The molecule has 0 aromatic heterocycles. The maximum Gasteiger partial charge on any atom is 0.243 e. The Hall–Kier alpha value is -2.50. The third-order valence-electron chi connectivity index (χ3n) is 6.44. The average Bonchev–Trinajstić information content (AvgIpc) is 3.28. The van der Waals surface area contributed by atoms with Crippen LogP contribution < -0.4 is 0 Å². The second-order valence-corrected chi connectivity index (χ2v) is 8.14. The van der Waals surface area contributed by atoms with Gasteiger partial charge in [-0.25, -0.2) is 0 Å². The highest BCUT2D eigenvalue weighted by Gasteiger charge is 2.49. The first-order chi connectivity index (χ1) is 13.6. The largest absolute Gasteiger partial charge is 0.338 e. The van der Waals surface area contributed by atoms with Crippen LogP contribution in [0.4, 0.5) is 0 Å². The third kappa shape index (κ3) is 3.48. The number of amides is 3. The molecular formula is C22H26N2O4. The Morgan fingerprint density at radius 2 is 1.54 bits per heavy atom. The molecule has 0 bridgehead atoms. The Kier molecular flexibility index (Phi) is 5.29. The number of Topliss-reactive ketones (excluding diaryl/α,β-unsaturated/α-hetero) is 1. The molecule has 3 amide bonds. The molecule has 3 atom stereocenters. The fourth-order valence-electron chi connectivity index (χ4n) is 4.95. The van der Waals surface area contributed by atoms with E-state index in [0.29, 0.717) is 12.1 Å². The van der Waals surface area contributed by atoms with Crippen molar-refractivity contribution in [2.75, 3.05) is 13.1 Å². The zero-order chi connectivity index (χ0) is 19.7. The lowest BCUT2D eigenvalue weighted by Gasteiger charge is -2.26. The quantitative estimate of drug-likeness (QED) is 0.579. The van der Waals surface area contributed by atoms with Gasteiger partial charge in [-0.05, 0) is 25.7 Å². The molecule has 0 N–H and O–H groups in total. The molecule has 1 aromatic rings. The lowest BCUT2D eigenvalue weighted by atomic mass is 9.81. The van der Waals surface area contributed by atoms with Crippen LogP contribution in [0.25, 0.3) is 0 Å². The summed E-state index contributed by atoms with van der Waals surface area (Å²) in [6.45, 7) is 0.398. The van der Waals surface area contributed by atoms with E-state index in [0.717, 1.165) is 38.5 Å². The molecule has 2 aliphatic heterocycles. The van der Waals surface area contributed by atoms with E-state index in [-0.39, 0.29) is 54.3 Å². The van der Waals surface area contributed by atoms with Gasteiger partial charge in [0, 0.05) is 24.6 Å². The van der Waals surface area contributed by atoms with Crippen molar-refractivity contribution in [1.29, 1.82) is 0 Å². The summed E-state index contributed by atoms with van der Waals surface area (Å²) in [5.74, 6) is -1.03. The normalized spacial score (nSPS) is 27.2. The molecule has 2 heterocycles. The number of benzene rings is 1. The van der Waals surface area contributed by atoms with Crippen molar-refractivity contribution in [3.63, 3.8) is 0 Å². The Morgan fingerprint density at radius 3 is 2.18 bits per heavy atom. The average molecular weight is 382 g/mol. The van der Waals surface area contributed by atoms with Gasteiger partial charge < -0.3 is 4.90 Å². The standard InChI is InChI=1S/C22H26N2O4/c25-19(15-7-2-1-3-8-15)13-16-9-6-12-23(16)20(26)14-24-21(27)17-10-4-5-11-18(17)22(24)28/h1-3,7-8,16-18H,4-6,9-14H2. The number of likely N-dealkylation sites (tertiary alicyclic amines) is 2. The highest BCUT2D eigenvalue weighted by molar-refractivity contribution is 6.07. The van der Waals surface area contributed by atoms with Crippen molar-refractivity contribution in [1.82, 2.24) is 9.80 Å². The second-order valence-electron chi connectivity index (χ2n) is 8.14. The van der Waals surface area contributed by atoms with Crippen molar-refractivity contribution in [2.24, 2.45) is 11.8 Å². The number of fused-ring (bicyclic) bond motifs is 1. The van der Waals surface area contributed by atoms with Gasteiger partial charge in [0.1, 0.15) is 6.54 Å². The molecule has 1 aliphatic carbocycles. The minimum Gasteiger partial charge on any atom is -0.338 e. The number of rotatable bonds is 5. The highest BCUT2D eigenvalue weighted by atomic mass is 16.2. The molecule has 0 spiro atoms. The van der Waals surface area contributed by atoms with Crippen LogP contribution in [0.3, 0.4) is 0 Å². The molecule has 28 heavy (non-hydrogen) atoms. The number of carbonyl (C=O) groups is 4. The molecule has 1 saturated carbocycles. The Morgan fingerprint density at radius 1 is 0.893 bits per heavy atom. The van der Waals surface area contributed by atoms with E-state index in [4.69, 9.17) is 0 Å². The SMILES string of the molecule is O=C(CC1CCCN1C(=O)CN1C(=O)C2CCCCC2C1=O)c1ccccc1. The maximum atomic E-state index is 12.9. The minimum absolute atomic E-state index is 0.0182. The van der Waals surface area contributed by atoms with Crippen molar-refractivity contribution >= 4 is 23.5 Å². The fraction of sp³-hybridized carbons (Fsp3) is 0.545. The fourth-order valence-corrected chi connectivity index (χ4v) is 4.95. The predicted octanol–water partition coefficient (Wildman–Crippen LogP) is 2.43. The van der Waals surface area contributed by atoms with Crippen LogP contribution in [0.2, 0.25) is 0 Å². The van der Waals surface area contributed by atoms with Crippen LogP contribution >= 0.6 is 0 Å². The van der Waals surface area contributed by atoms with Gasteiger partial charge in [0.2, 0.25) is 17.7 Å². The number of nitrogens with zero attached hydrogens (tertiary/aromatic N) is 2. The molecular weight excluding hydrogens is 356 g/mol. The summed E-state index contributed by atoms with van der Waals surface area (Å²) in [6, 6.07) is 8.93. The Bertz CT molecular complexity index is 767. The van der Waals surface area contributed by atoms with Crippen LogP contribution in [0.15, 0.2) is 30.3 Å². The Balaban J connectivity index is 1.40. The summed E-state index contributed by atoms with van der Waals surface area (Å²) in [4.78, 5) is 53.6. The number of carbonyl (C=O) groups excluding carboxylic acids is 4. The zero-order valence-electron chi connectivity index (χ0n) is 16.0. The smallest absolute Gasteiger partial charge is 0.243 e. The van der Waals surface area contributed by atoms with Gasteiger partial charge in [-0.1, -0.05) is 43.2 Å². The van der Waals surface area contributed by atoms with E-state index in [1.807, 2.05) is 18.2 Å². The zero-order valence-corrected chi connectivity index (χ0v) is 16.0. The number of ketones is 1. The van der Waals surface area contributed by atoms with Crippen molar-refractivity contribution in [3.8, 4) is 0 Å². The van der Waals surface area contributed by atoms with E-state index in [9.17, 15) is 19.2 Å². The van der Waals surface area contributed by atoms with Crippen molar-refractivity contribution in [3.05, 3.63) is 35.9 Å². The molecule has 0 radical (unpaired) electrons. The summed E-state index contributed by atoms with van der Waals surface area (Å²) < 4.78 is 0. The van der Waals surface area contributed by atoms with Gasteiger partial charge in [0.15, 0.2) is 5.78 Å². The summed E-state index contributed by atoms with van der Waals surface area (Å²) in [7, 11) is 0. The van der Waals surface area contributed by atoms with Gasteiger partial charge in [-0.2, -0.15) is 0 Å². The molecule has 6 heteroatoms. The molecule has 6 nitrogen and oxygen atoms in total. The van der Waals surface area contributed by atoms with E-state index < -0.39 is 0 Å². The lowest BCUT2D eigenvalue weighted by molar-refractivity contribution is -0.146. The third-order valence-corrected chi connectivity index (χ3v) is 6.44. The number of imide groups is 1. The second kappa shape index (κ2) is 7.86. The van der Waals surface area contributed by atoms with Gasteiger partial charge in [0.25, 0.3) is 0 Å². The monoisotopic (exact) mass is 382 g/mol. The van der Waals surface area contributed by atoms with E-state index in [1.54, 1.807) is 17.0 Å². The molecule has 3 fully saturated rings. The van der Waals surface area contributed by atoms with E-state index >= 15 is 0 Å². The molecule has 148 valence electrons. The first-order valence-corrected chi connectivity index (χ1v) is 10.3. The molecule has 2 saturated heterocycles. The summed E-state index contributed by atoms with van der Waals surface area (Å²) in [6.07, 6.45) is 5.33. The maximum absolute atomic E-state index is 12.9. The van der Waals surface area contributed by atoms with Gasteiger partial charge in [-0.15, -0.1) is 0 Å². The molecule has 3 unspecified atom stereocenters. The number of hydrogen-bond acceptors (Lipinski definition) is 4. The van der Waals surface area contributed by atoms with E-state index in [1.165, 1.54) is 4.90 Å². The van der Waals surface area contributed by atoms with Gasteiger partial charge in [-0.3, -0.25) is 24.1 Å². The van der Waals surface area contributed by atoms with Crippen LogP contribution in [-0.4, -0.2) is 52.4 Å². The van der Waals surface area contributed by atoms with Crippen LogP contribution in [0.5, 0.6) is 0 Å². The van der Waals surface area contributed by atoms with Crippen LogP contribution in [0, 0.1) is 11.8 Å². The summed E-state index contributed by atoms with van der Waals surface area (Å²) in [5.41, 5.74) is 0.649. The predicted molar refractivity (Wildman–Crippen MR) is 102 cm³/mol. The van der Waals surface area contributed by atoms with Crippen molar-refractivity contribution in [2.45, 2.75) is 51.0 Å². The summed E-state index contributed by atoms with van der Waals surface area (Å²) >= 11 is 0. The summed E-state index contributed by atoms with van der Waals surface area (Å²) in [5, 5.41) is 0. The molecule has 3 aliphatic rings. The van der Waals surface area contributed by atoms with Crippen molar-refractivity contribution < 1.29 is 19.2 Å². The first kappa shape index (κ1) is 18.8. The lowest BCUT2D eigenvalue weighted by Crippen LogP contribution is -2.45. The van der Waals surface area contributed by atoms with Crippen LogP contribution in [-0.2, 0) is 14.4 Å². The van der Waals surface area contributed by atoms with Gasteiger partial charge >= 0.3 is 0 Å². The van der Waals surface area contributed by atoms with Crippen LogP contribution in [0.1, 0.15) is 55.3 Å². The minimum atomic E-state index is -0.233. The molecule has 4 rings (SSSR count). The van der Waals surface area contributed by atoms with E-state index in [2.05, 4.69) is 0 Å². The van der Waals surface area contributed by atoms with Gasteiger partial charge in [0.05, 0.1) is 11.8 Å². The highest BCUT2D eigenvalue weighted by Crippen LogP contribution is 2.38. The topological polar surface area (TPSA) is 74.8 Å². The Labute approximate surface area is 164 Å². The number of hydrogen-bond donors (Lipinski definition) is 0.